The van der Waals surface area contributed by atoms with Gasteiger partial charge in [0.15, 0.2) is 5.65 Å². The molecule has 0 radical (unpaired) electrons. The fourth-order valence-corrected chi connectivity index (χ4v) is 4.25. The molecule has 2 aromatic rings. The first-order valence-corrected chi connectivity index (χ1v) is 9.62. The van der Waals surface area contributed by atoms with E-state index in [1.54, 1.807) is 13.3 Å². The van der Waals surface area contributed by atoms with E-state index in [9.17, 15) is 4.79 Å². The van der Waals surface area contributed by atoms with Crippen LogP contribution in [0, 0.1) is 0 Å². The molecule has 1 saturated heterocycles. The van der Waals surface area contributed by atoms with Gasteiger partial charge >= 0.3 is 6.03 Å². The molecule has 140 valence electrons. The standard InChI is InChI=1S/C19H27N5O2/c1-26-13-17-22-16-7-4-10-20-18(16)24(17)15-8-11-23(12-9-15)19(25)21-14-5-2-3-6-14/h4,7,10,14-15H,2-3,5-6,8-9,11-13H2,1H3,(H,21,25). The summed E-state index contributed by atoms with van der Waals surface area (Å²) in [6.45, 7) is 2.00. The van der Waals surface area contributed by atoms with E-state index in [1.807, 2.05) is 17.0 Å². The molecule has 0 atom stereocenters. The number of hydrogen-bond donors (Lipinski definition) is 1. The monoisotopic (exact) mass is 357 g/mol. The van der Waals surface area contributed by atoms with Crippen LogP contribution in [0.1, 0.15) is 50.4 Å². The number of carbonyl (C=O) groups is 1. The third kappa shape index (κ3) is 3.40. The van der Waals surface area contributed by atoms with Crippen molar-refractivity contribution in [2.24, 2.45) is 0 Å². The molecule has 2 amide bonds. The summed E-state index contributed by atoms with van der Waals surface area (Å²) in [7, 11) is 1.69. The van der Waals surface area contributed by atoms with Crippen molar-refractivity contribution in [3.63, 3.8) is 0 Å². The van der Waals surface area contributed by atoms with Gasteiger partial charge in [0.25, 0.3) is 0 Å². The predicted octanol–water partition coefficient (Wildman–Crippen LogP) is 2.87. The largest absolute Gasteiger partial charge is 0.377 e. The highest BCUT2D eigenvalue weighted by atomic mass is 16.5. The molecule has 1 N–H and O–H groups in total. The Morgan fingerprint density at radius 3 is 2.77 bits per heavy atom. The maximum atomic E-state index is 12.5. The molecule has 2 fully saturated rings. The second-order valence-electron chi connectivity index (χ2n) is 7.33. The Balaban J connectivity index is 1.45. The van der Waals surface area contributed by atoms with Crippen LogP contribution < -0.4 is 5.32 Å². The Morgan fingerprint density at radius 1 is 1.27 bits per heavy atom. The number of ether oxygens (including phenoxy) is 1. The average Bonchev–Trinajstić information content (AvgIpc) is 3.29. The maximum absolute atomic E-state index is 12.5. The first-order valence-electron chi connectivity index (χ1n) is 9.62. The van der Waals surface area contributed by atoms with Crippen molar-refractivity contribution in [2.45, 2.75) is 57.2 Å². The van der Waals surface area contributed by atoms with Crippen LogP contribution in [-0.2, 0) is 11.3 Å². The second-order valence-corrected chi connectivity index (χ2v) is 7.33. The molecule has 0 aromatic carbocycles. The first-order chi connectivity index (χ1) is 12.8. The summed E-state index contributed by atoms with van der Waals surface area (Å²) >= 11 is 0. The number of pyridine rings is 1. The van der Waals surface area contributed by atoms with E-state index in [4.69, 9.17) is 4.74 Å². The molecular weight excluding hydrogens is 330 g/mol. The van der Waals surface area contributed by atoms with E-state index in [0.717, 1.165) is 55.8 Å². The molecule has 7 nitrogen and oxygen atoms in total. The van der Waals surface area contributed by atoms with Gasteiger partial charge in [0.2, 0.25) is 0 Å². The van der Waals surface area contributed by atoms with Gasteiger partial charge in [-0.1, -0.05) is 12.8 Å². The lowest BCUT2D eigenvalue weighted by Gasteiger charge is -2.34. The molecule has 0 spiro atoms. The van der Waals surface area contributed by atoms with Crippen molar-refractivity contribution in [1.29, 1.82) is 0 Å². The van der Waals surface area contributed by atoms with Crippen molar-refractivity contribution in [3.8, 4) is 0 Å². The molecule has 4 rings (SSSR count). The van der Waals surface area contributed by atoms with Crippen molar-refractivity contribution in [1.82, 2.24) is 24.8 Å². The summed E-state index contributed by atoms with van der Waals surface area (Å²) in [5.41, 5.74) is 1.81. The zero-order chi connectivity index (χ0) is 17.9. The first kappa shape index (κ1) is 17.3. The number of aromatic nitrogens is 3. The summed E-state index contributed by atoms with van der Waals surface area (Å²) in [5, 5.41) is 3.19. The van der Waals surface area contributed by atoms with Gasteiger partial charge in [0, 0.05) is 38.5 Å². The van der Waals surface area contributed by atoms with Gasteiger partial charge in [0.1, 0.15) is 17.9 Å². The Morgan fingerprint density at radius 2 is 2.04 bits per heavy atom. The van der Waals surface area contributed by atoms with E-state index < -0.39 is 0 Å². The van der Waals surface area contributed by atoms with Crippen LogP contribution in [0.15, 0.2) is 18.3 Å². The molecule has 7 heteroatoms. The number of likely N-dealkylation sites (tertiary alicyclic amines) is 1. The zero-order valence-corrected chi connectivity index (χ0v) is 15.4. The molecule has 3 heterocycles. The average molecular weight is 357 g/mol. The lowest BCUT2D eigenvalue weighted by molar-refractivity contribution is 0.156. The number of imidazole rings is 1. The normalized spacial score (nSPS) is 19.3. The number of hydrogen-bond acceptors (Lipinski definition) is 4. The lowest BCUT2D eigenvalue weighted by atomic mass is 10.0. The summed E-state index contributed by atoms with van der Waals surface area (Å²) in [5.74, 6) is 0.912. The van der Waals surface area contributed by atoms with Crippen LogP contribution in [0.2, 0.25) is 0 Å². The number of methoxy groups -OCH3 is 1. The van der Waals surface area contributed by atoms with Crippen LogP contribution in [-0.4, -0.2) is 51.7 Å². The topological polar surface area (TPSA) is 72.3 Å². The van der Waals surface area contributed by atoms with Crippen LogP contribution in [0.4, 0.5) is 4.79 Å². The lowest BCUT2D eigenvalue weighted by Crippen LogP contribution is -2.47. The minimum atomic E-state index is 0.0982. The van der Waals surface area contributed by atoms with E-state index in [0.29, 0.717) is 18.7 Å². The van der Waals surface area contributed by atoms with Crippen molar-refractivity contribution >= 4 is 17.2 Å². The number of piperidine rings is 1. The molecule has 2 aromatic heterocycles. The van der Waals surface area contributed by atoms with Gasteiger partial charge in [0.05, 0.1) is 0 Å². The number of rotatable bonds is 4. The van der Waals surface area contributed by atoms with Gasteiger partial charge in [-0.05, 0) is 37.8 Å². The van der Waals surface area contributed by atoms with Gasteiger partial charge in [-0.15, -0.1) is 0 Å². The fraction of sp³-hybridized carbons (Fsp3) is 0.632. The summed E-state index contributed by atoms with van der Waals surface area (Å²) in [6, 6.07) is 4.67. The highest BCUT2D eigenvalue weighted by molar-refractivity contribution is 5.75. The molecular formula is C19H27N5O2. The quantitative estimate of drug-likeness (QED) is 0.913. The molecule has 1 aliphatic heterocycles. The van der Waals surface area contributed by atoms with E-state index in [1.165, 1.54) is 12.8 Å². The molecule has 1 aliphatic carbocycles. The maximum Gasteiger partial charge on any atom is 0.317 e. The van der Waals surface area contributed by atoms with Gasteiger partial charge < -0.3 is 19.5 Å². The van der Waals surface area contributed by atoms with Crippen LogP contribution >= 0.6 is 0 Å². The molecule has 26 heavy (non-hydrogen) atoms. The zero-order valence-electron chi connectivity index (χ0n) is 15.4. The van der Waals surface area contributed by atoms with Crippen LogP contribution in [0.5, 0.6) is 0 Å². The van der Waals surface area contributed by atoms with Gasteiger partial charge in [-0.2, -0.15) is 0 Å². The predicted molar refractivity (Wildman–Crippen MR) is 98.9 cm³/mol. The summed E-state index contributed by atoms with van der Waals surface area (Å²) < 4.78 is 7.55. The fourth-order valence-electron chi connectivity index (χ4n) is 4.25. The minimum absolute atomic E-state index is 0.0982. The highest BCUT2D eigenvalue weighted by Gasteiger charge is 2.28. The van der Waals surface area contributed by atoms with Crippen molar-refractivity contribution in [3.05, 3.63) is 24.2 Å². The van der Waals surface area contributed by atoms with Crippen molar-refractivity contribution < 1.29 is 9.53 Å². The number of urea groups is 1. The molecule has 0 bridgehead atoms. The number of amides is 2. The van der Waals surface area contributed by atoms with Crippen molar-refractivity contribution in [2.75, 3.05) is 20.2 Å². The van der Waals surface area contributed by atoms with E-state index in [-0.39, 0.29) is 6.03 Å². The van der Waals surface area contributed by atoms with Crippen LogP contribution in [0.3, 0.4) is 0 Å². The third-order valence-electron chi connectivity index (χ3n) is 5.59. The van der Waals surface area contributed by atoms with Gasteiger partial charge in [-0.3, -0.25) is 0 Å². The minimum Gasteiger partial charge on any atom is -0.377 e. The van der Waals surface area contributed by atoms with Gasteiger partial charge in [-0.25, -0.2) is 14.8 Å². The summed E-state index contributed by atoms with van der Waals surface area (Å²) in [4.78, 5) is 23.7. The molecule has 1 saturated carbocycles. The Kier molecular flexibility index (Phi) is 5.06. The number of nitrogens with zero attached hydrogens (tertiary/aromatic N) is 4. The number of nitrogens with one attached hydrogen (secondary N) is 1. The highest BCUT2D eigenvalue weighted by Crippen LogP contribution is 2.28. The smallest absolute Gasteiger partial charge is 0.317 e. The molecule has 2 aliphatic rings. The Labute approximate surface area is 153 Å². The molecule has 0 unspecified atom stereocenters. The number of carbonyl (C=O) groups excluding carboxylic acids is 1. The third-order valence-corrected chi connectivity index (χ3v) is 5.59. The van der Waals surface area contributed by atoms with E-state index >= 15 is 0 Å². The summed E-state index contributed by atoms with van der Waals surface area (Å²) in [6.07, 6.45) is 8.34. The Bertz CT molecular complexity index is 760. The second kappa shape index (κ2) is 7.61. The van der Waals surface area contributed by atoms with E-state index in [2.05, 4.69) is 19.9 Å². The SMILES string of the molecule is COCc1nc2cccnc2n1C1CCN(C(=O)NC2CCCC2)CC1. The van der Waals surface area contributed by atoms with Crippen LogP contribution in [0.25, 0.3) is 11.2 Å². The number of fused-ring (bicyclic) bond motifs is 1. The Hall–Kier alpha value is -2.15.